The van der Waals surface area contributed by atoms with Crippen LogP contribution in [0.1, 0.15) is 12.0 Å². The van der Waals surface area contributed by atoms with Gasteiger partial charge in [-0.2, -0.15) is 0 Å². The summed E-state index contributed by atoms with van der Waals surface area (Å²) in [5, 5.41) is 13.0. The average molecular weight is 251 g/mol. The number of nitro benzene ring substituents is 1. The van der Waals surface area contributed by atoms with Crippen molar-refractivity contribution < 1.29 is 15.0 Å². The van der Waals surface area contributed by atoms with Crippen LogP contribution in [-0.4, -0.2) is 24.6 Å². The van der Waals surface area contributed by atoms with E-state index in [9.17, 15) is 10.1 Å². The molecule has 0 amide bonds. The molecule has 0 fully saturated rings. The third kappa shape index (κ3) is 4.55. The Hall–Kier alpha value is -1.88. The Morgan fingerprint density at radius 1 is 1.56 bits per heavy atom. The number of aryl methyl sites for hydroxylation is 1. The van der Waals surface area contributed by atoms with Crippen molar-refractivity contribution in [3.63, 3.8) is 0 Å². The van der Waals surface area contributed by atoms with Crippen molar-refractivity contribution in [2.75, 3.05) is 19.7 Å². The van der Waals surface area contributed by atoms with E-state index in [-0.39, 0.29) is 5.69 Å². The molecule has 1 aromatic rings. The van der Waals surface area contributed by atoms with Crippen LogP contribution in [0.5, 0.6) is 5.75 Å². The molecule has 0 heterocycles. The quantitative estimate of drug-likeness (QED) is 0.329. The number of hydrogen-bond acceptors (Lipinski definition) is 3. The van der Waals surface area contributed by atoms with E-state index in [1.165, 1.54) is 6.07 Å². The van der Waals surface area contributed by atoms with Gasteiger partial charge in [0.25, 0.3) is 0 Å². The van der Waals surface area contributed by atoms with Gasteiger partial charge in [-0.1, -0.05) is 12.6 Å². The van der Waals surface area contributed by atoms with Crippen LogP contribution in [0.15, 0.2) is 30.9 Å². The Morgan fingerprint density at radius 3 is 3.00 bits per heavy atom. The van der Waals surface area contributed by atoms with Crippen LogP contribution in [0, 0.1) is 17.0 Å². The fraction of sp³-hybridized carbons (Fsp3) is 0.385. The molecule has 0 aliphatic rings. The number of nitrogens with zero attached hydrogens (tertiary/aromatic N) is 1. The van der Waals surface area contributed by atoms with Crippen molar-refractivity contribution in [2.24, 2.45) is 0 Å². The molecule has 1 rings (SSSR count). The fourth-order valence-electron chi connectivity index (χ4n) is 1.54. The van der Waals surface area contributed by atoms with Crippen LogP contribution in [0.25, 0.3) is 0 Å². The summed E-state index contributed by atoms with van der Waals surface area (Å²) >= 11 is 0. The van der Waals surface area contributed by atoms with Crippen LogP contribution < -0.4 is 10.1 Å². The summed E-state index contributed by atoms with van der Waals surface area (Å²) in [5.41, 5.74) is 0.887. The van der Waals surface area contributed by atoms with E-state index in [1.807, 2.05) is 19.1 Å². The first-order chi connectivity index (χ1) is 8.65. The lowest BCUT2D eigenvalue weighted by Gasteiger charge is -2.06. The molecule has 18 heavy (non-hydrogen) atoms. The van der Waals surface area contributed by atoms with Crippen LogP contribution in [0.3, 0.4) is 0 Å². The molecule has 0 atom stereocenters. The van der Waals surface area contributed by atoms with E-state index in [0.717, 1.165) is 25.1 Å². The highest BCUT2D eigenvalue weighted by Crippen LogP contribution is 2.27. The van der Waals surface area contributed by atoms with Crippen molar-refractivity contribution in [3.05, 3.63) is 46.5 Å². The molecule has 0 spiro atoms. The number of quaternary nitrogens is 1. The van der Waals surface area contributed by atoms with Crippen molar-refractivity contribution in [1.29, 1.82) is 0 Å². The van der Waals surface area contributed by atoms with Crippen LogP contribution in [0.4, 0.5) is 5.69 Å². The van der Waals surface area contributed by atoms with Crippen molar-refractivity contribution in [2.45, 2.75) is 13.3 Å². The molecule has 1 aromatic carbocycles. The van der Waals surface area contributed by atoms with E-state index in [4.69, 9.17) is 4.74 Å². The SMILES string of the molecule is C=CC[NH2+]CCCOc1ccc(C)cc1[N+](=O)[O-]. The number of ether oxygens (including phenoxy) is 1. The lowest BCUT2D eigenvalue weighted by Crippen LogP contribution is -2.84. The fourth-order valence-corrected chi connectivity index (χ4v) is 1.54. The van der Waals surface area contributed by atoms with Gasteiger partial charge in [-0.15, -0.1) is 0 Å². The maximum absolute atomic E-state index is 10.9. The molecule has 0 radical (unpaired) electrons. The minimum atomic E-state index is -0.411. The zero-order valence-electron chi connectivity index (χ0n) is 10.6. The number of benzene rings is 1. The molecule has 0 aromatic heterocycles. The Balaban J connectivity index is 2.46. The Morgan fingerprint density at radius 2 is 2.33 bits per heavy atom. The first kappa shape index (κ1) is 14.2. The summed E-state index contributed by atoms with van der Waals surface area (Å²) in [4.78, 5) is 10.4. The normalized spacial score (nSPS) is 10.1. The van der Waals surface area contributed by atoms with E-state index >= 15 is 0 Å². The molecule has 0 unspecified atom stereocenters. The minimum Gasteiger partial charge on any atom is -0.487 e. The standard InChI is InChI=1S/C13H18N2O3/c1-3-7-14-8-4-9-18-13-6-5-11(2)10-12(13)15(16)17/h3,5-6,10,14H,1,4,7-9H2,2H3/p+1. The maximum Gasteiger partial charge on any atom is 0.311 e. The molecule has 0 aliphatic carbocycles. The topological polar surface area (TPSA) is 69.0 Å². The van der Waals surface area contributed by atoms with Crippen LogP contribution in [-0.2, 0) is 0 Å². The molecule has 0 bridgehead atoms. The van der Waals surface area contributed by atoms with Gasteiger partial charge < -0.3 is 10.1 Å². The first-order valence-electron chi connectivity index (χ1n) is 5.95. The summed E-state index contributed by atoms with van der Waals surface area (Å²) in [6.07, 6.45) is 2.69. The third-order valence-corrected chi connectivity index (χ3v) is 2.45. The lowest BCUT2D eigenvalue weighted by molar-refractivity contribution is -0.646. The largest absolute Gasteiger partial charge is 0.487 e. The minimum absolute atomic E-state index is 0.0325. The summed E-state index contributed by atoms with van der Waals surface area (Å²) < 4.78 is 5.45. The maximum atomic E-state index is 10.9. The summed E-state index contributed by atoms with van der Waals surface area (Å²) in [6.45, 7) is 7.73. The highest BCUT2D eigenvalue weighted by Gasteiger charge is 2.14. The molecular formula is C13H19N2O3+. The van der Waals surface area contributed by atoms with E-state index in [1.54, 1.807) is 6.07 Å². The van der Waals surface area contributed by atoms with Gasteiger partial charge in [-0.05, 0) is 24.6 Å². The van der Waals surface area contributed by atoms with E-state index < -0.39 is 4.92 Å². The van der Waals surface area contributed by atoms with Gasteiger partial charge in [-0.3, -0.25) is 10.1 Å². The van der Waals surface area contributed by atoms with Crippen molar-refractivity contribution in [1.82, 2.24) is 0 Å². The van der Waals surface area contributed by atoms with Gasteiger partial charge in [0.1, 0.15) is 0 Å². The molecule has 0 saturated carbocycles. The number of nitro groups is 1. The van der Waals surface area contributed by atoms with E-state index in [2.05, 4.69) is 11.9 Å². The summed E-state index contributed by atoms with van der Waals surface area (Å²) in [5.74, 6) is 0.342. The predicted octanol–water partition coefficient (Wildman–Crippen LogP) is 1.42. The van der Waals surface area contributed by atoms with Crippen LogP contribution in [0.2, 0.25) is 0 Å². The summed E-state index contributed by atoms with van der Waals surface area (Å²) in [6, 6.07) is 4.99. The second-order valence-electron chi connectivity index (χ2n) is 4.03. The van der Waals surface area contributed by atoms with Crippen LogP contribution >= 0.6 is 0 Å². The molecule has 0 aliphatic heterocycles. The number of hydrogen-bond donors (Lipinski definition) is 1. The smallest absolute Gasteiger partial charge is 0.311 e. The highest BCUT2D eigenvalue weighted by atomic mass is 16.6. The Kier molecular flexibility index (Phi) is 5.87. The zero-order valence-corrected chi connectivity index (χ0v) is 10.6. The van der Waals surface area contributed by atoms with Gasteiger partial charge in [0.2, 0.25) is 0 Å². The molecule has 5 nitrogen and oxygen atoms in total. The van der Waals surface area contributed by atoms with Gasteiger partial charge in [0.15, 0.2) is 5.75 Å². The monoisotopic (exact) mass is 251 g/mol. The highest BCUT2D eigenvalue weighted by molar-refractivity contribution is 5.48. The Bertz CT molecular complexity index is 419. The van der Waals surface area contributed by atoms with Crippen molar-refractivity contribution in [3.8, 4) is 5.75 Å². The average Bonchev–Trinajstić information content (AvgIpc) is 2.35. The number of rotatable bonds is 8. The molecule has 5 heteroatoms. The predicted molar refractivity (Wildman–Crippen MR) is 69.8 cm³/mol. The molecule has 2 N–H and O–H groups in total. The summed E-state index contributed by atoms with van der Waals surface area (Å²) in [7, 11) is 0. The van der Waals surface area contributed by atoms with Crippen molar-refractivity contribution >= 4 is 5.69 Å². The number of nitrogens with two attached hydrogens (primary N) is 1. The van der Waals surface area contributed by atoms with Gasteiger partial charge in [0.05, 0.1) is 24.6 Å². The van der Waals surface area contributed by atoms with E-state index in [0.29, 0.717) is 12.4 Å². The Labute approximate surface area is 107 Å². The van der Waals surface area contributed by atoms with Gasteiger partial charge in [0, 0.05) is 12.5 Å². The second kappa shape index (κ2) is 7.45. The molecular weight excluding hydrogens is 232 g/mol. The third-order valence-electron chi connectivity index (χ3n) is 2.45. The van der Waals surface area contributed by atoms with Gasteiger partial charge in [-0.25, -0.2) is 0 Å². The first-order valence-corrected chi connectivity index (χ1v) is 5.95. The zero-order chi connectivity index (χ0) is 13.4. The molecule has 0 saturated heterocycles. The molecule has 98 valence electrons. The lowest BCUT2D eigenvalue weighted by atomic mass is 10.2. The second-order valence-corrected chi connectivity index (χ2v) is 4.03. The van der Waals surface area contributed by atoms with Gasteiger partial charge >= 0.3 is 5.69 Å².